The first-order valence-electron chi connectivity index (χ1n) is 8.35. The van der Waals surface area contributed by atoms with Crippen molar-refractivity contribution in [3.63, 3.8) is 0 Å². The molecule has 0 aliphatic heterocycles. The number of carbonyl (C=O) groups excluding carboxylic acids is 1. The predicted molar refractivity (Wildman–Crippen MR) is 117 cm³/mol. The van der Waals surface area contributed by atoms with Gasteiger partial charge in [-0.15, -0.1) is 11.3 Å². The topological polar surface area (TPSA) is 101 Å². The third-order valence-electron chi connectivity index (χ3n) is 3.75. The van der Waals surface area contributed by atoms with Crippen LogP contribution in [0.15, 0.2) is 52.9 Å². The molecule has 3 aromatic rings. The smallest absolute Gasteiger partial charge is 0.265 e. The average molecular weight is 449 g/mol. The molecule has 0 atom stereocenters. The number of aromatic nitrogens is 1. The third-order valence-corrected chi connectivity index (χ3v) is 5.38. The van der Waals surface area contributed by atoms with E-state index in [4.69, 9.17) is 11.6 Å². The normalized spacial score (nSPS) is 11.6. The van der Waals surface area contributed by atoms with Crippen molar-refractivity contribution in [1.29, 1.82) is 0 Å². The molecule has 0 spiro atoms. The third kappa shape index (κ3) is 5.63. The molecule has 150 valence electrons. The minimum atomic E-state index is -3.67. The van der Waals surface area contributed by atoms with Crippen LogP contribution >= 0.6 is 22.9 Å². The van der Waals surface area contributed by atoms with Crippen molar-refractivity contribution in [2.24, 2.45) is 5.10 Å². The number of hydrogen-bond acceptors (Lipinski definition) is 7. The number of nitrogens with zero attached hydrogens (tertiary/aromatic N) is 2. The fraction of sp³-hybridized carbons (Fsp3) is 0.105. The van der Waals surface area contributed by atoms with Crippen molar-refractivity contribution >= 4 is 50.2 Å². The van der Waals surface area contributed by atoms with Gasteiger partial charge in [0.15, 0.2) is 0 Å². The molecule has 0 aliphatic carbocycles. The summed E-state index contributed by atoms with van der Waals surface area (Å²) in [6.45, 7) is 1.81. The van der Waals surface area contributed by atoms with Crippen LogP contribution in [0.25, 0.3) is 11.3 Å². The van der Waals surface area contributed by atoms with E-state index >= 15 is 0 Å². The van der Waals surface area contributed by atoms with Crippen LogP contribution in [0.4, 0.5) is 5.13 Å². The lowest BCUT2D eigenvalue weighted by atomic mass is 10.1. The second-order valence-electron chi connectivity index (χ2n) is 6.18. The van der Waals surface area contributed by atoms with E-state index < -0.39 is 15.9 Å². The van der Waals surface area contributed by atoms with E-state index in [0.29, 0.717) is 15.7 Å². The summed E-state index contributed by atoms with van der Waals surface area (Å²) in [6, 6.07) is 12.5. The Hall–Kier alpha value is -2.75. The summed E-state index contributed by atoms with van der Waals surface area (Å²) >= 11 is 7.55. The van der Waals surface area contributed by atoms with Crippen LogP contribution in [0.3, 0.4) is 0 Å². The first kappa shape index (κ1) is 21.0. The summed E-state index contributed by atoms with van der Waals surface area (Å²) in [5.41, 5.74) is 5.85. The SMILES string of the molecule is Cc1ccc(C=NNc2nc(-c3ccccc3Cl)cs2)c(C(=O)NS(C)(=O)=O)c1. The van der Waals surface area contributed by atoms with E-state index in [0.717, 1.165) is 23.1 Å². The first-order valence-corrected chi connectivity index (χ1v) is 11.5. The van der Waals surface area contributed by atoms with Crippen LogP contribution < -0.4 is 10.1 Å². The van der Waals surface area contributed by atoms with E-state index in [1.54, 1.807) is 24.3 Å². The van der Waals surface area contributed by atoms with Gasteiger partial charge in [-0.25, -0.2) is 18.1 Å². The predicted octanol–water partition coefficient (Wildman–Crippen LogP) is 3.91. The Morgan fingerprint density at radius 2 is 2.00 bits per heavy atom. The van der Waals surface area contributed by atoms with Gasteiger partial charge in [0.2, 0.25) is 15.2 Å². The van der Waals surface area contributed by atoms with Gasteiger partial charge in [0.25, 0.3) is 5.91 Å². The summed E-state index contributed by atoms with van der Waals surface area (Å²) in [4.78, 5) is 16.7. The molecule has 0 bridgehead atoms. The number of hydrazone groups is 1. The number of thiazole rings is 1. The number of hydrogen-bond donors (Lipinski definition) is 2. The maximum Gasteiger partial charge on any atom is 0.265 e. The molecule has 3 rings (SSSR count). The lowest BCUT2D eigenvalue weighted by Gasteiger charge is -2.07. The number of sulfonamides is 1. The molecule has 0 fully saturated rings. The maximum absolute atomic E-state index is 12.3. The molecule has 2 aromatic carbocycles. The highest BCUT2D eigenvalue weighted by Gasteiger charge is 2.15. The van der Waals surface area contributed by atoms with Crippen LogP contribution in [0.1, 0.15) is 21.5 Å². The van der Waals surface area contributed by atoms with Gasteiger partial charge < -0.3 is 0 Å². The number of anilines is 1. The van der Waals surface area contributed by atoms with Crippen molar-refractivity contribution in [2.45, 2.75) is 6.92 Å². The maximum atomic E-state index is 12.3. The number of amides is 1. The molecule has 0 saturated carbocycles. The largest absolute Gasteiger partial charge is 0.268 e. The van der Waals surface area contributed by atoms with E-state index in [9.17, 15) is 13.2 Å². The zero-order chi connectivity index (χ0) is 21.0. The van der Waals surface area contributed by atoms with Crippen LogP contribution in [-0.4, -0.2) is 31.8 Å². The van der Waals surface area contributed by atoms with Gasteiger partial charge in [0.1, 0.15) is 0 Å². The number of rotatable bonds is 6. The second kappa shape index (κ2) is 8.73. The number of benzene rings is 2. The number of halogens is 1. The fourth-order valence-electron chi connectivity index (χ4n) is 2.48. The van der Waals surface area contributed by atoms with E-state index in [1.165, 1.54) is 17.6 Å². The molecule has 0 saturated heterocycles. The van der Waals surface area contributed by atoms with Crippen molar-refractivity contribution in [3.05, 3.63) is 69.6 Å². The molecule has 0 aliphatic rings. The van der Waals surface area contributed by atoms with Gasteiger partial charge in [0, 0.05) is 27.1 Å². The Morgan fingerprint density at radius 3 is 2.72 bits per heavy atom. The number of aryl methyl sites for hydroxylation is 1. The first-order chi connectivity index (χ1) is 13.7. The summed E-state index contributed by atoms with van der Waals surface area (Å²) in [5, 5.41) is 7.13. The lowest BCUT2D eigenvalue weighted by Crippen LogP contribution is -2.30. The van der Waals surface area contributed by atoms with E-state index in [-0.39, 0.29) is 5.56 Å². The summed E-state index contributed by atoms with van der Waals surface area (Å²) in [5.74, 6) is -0.715. The molecule has 0 radical (unpaired) electrons. The summed E-state index contributed by atoms with van der Waals surface area (Å²) < 4.78 is 24.7. The van der Waals surface area contributed by atoms with Crippen LogP contribution in [0, 0.1) is 6.92 Å². The monoisotopic (exact) mass is 448 g/mol. The minimum Gasteiger partial charge on any atom is -0.268 e. The highest BCUT2D eigenvalue weighted by Crippen LogP contribution is 2.30. The van der Waals surface area contributed by atoms with Gasteiger partial charge in [-0.3, -0.25) is 10.2 Å². The van der Waals surface area contributed by atoms with Gasteiger partial charge in [-0.2, -0.15) is 5.10 Å². The van der Waals surface area contributed by atoms with Crippen molar-refractivity contribution in [1.82, 2.24) is 9.71 Å². The van der Waals surface area contributed by atoms with Crippen LogP contribution in [0.5, 0.6) is 0 Å². The quantitative estimate of drug-likeness (QED) is 0.440. The number of nitrogens with one attached hydrogen (secondary N) is 2. The van der Waals surface area contributed by atoms with Crippen molar-refractivity contribution in [3.8, 4) is 11.3 Å². The Bertz CT molecular complexity index is 1190. The Labute approximate surface area is 177 Å². The van der Waals surface area contributed by atoms with Crippen LogP contribution in [-0.2, 0) is 10.0 Å². The van der Waals surface area contributed by atoms with Gasteiger partial charge in [0.05, 0.1) is 18.2 Å². The fourth-order valence-corrected chi connectivity index (χ4v) is 3.82. The van der Waals surface area contributed by atoms with Gasteiger partial charge >= 0.3 is 0 Å². The van der Waals surface area contributed by atoms with Crippen molar-refractivity contribution < 1.29 is 13.2 Å². The van der Waals surface area contributed by atoms with Gasteiger partial charge in [-0.05, 0) is 19.1 Å². The summed E-state index contributed by atoms with van der Waals surface area (Å²) in [7, 11) is -3.67. The van der Waals surface area contributed by atoms with Crippen molar-refractivity contribution in [2.75, 3.05) is 11.7 Å². The van der Waals surface area contributed by atoms with E-state index in [2.05, 4.69) is 15.5 Å². The minimum absolute atomic E-state index is 0.205. The molecule has 1 amide bonds. The zero-order valence-electron chi connectivity index (χ0n) is 15.5. The molecule has 1 heterocycles. The standard InChI is InChI=1S/C19H17ClN4O3S2/c1-12-7-8-13(15(9-12)18(25)24-29(2,26)27)10-21-23-19-22-17(11-28-19)14-5-3-4-6-16(14)20/h3-11H,1-2H3,(H,22,23)(H,24,25). The molecule has 10 heteroatoms. The summed E-state index contributed by atoms with van der Waals surface area (Å²) in [6.07, 6.45) is 2.36. The second-order valence-corrected chi connectivity index (χ2v) is 9.20. The zero-order valence-corrected chi connectivity index (χ0v) is 17.9. The Morgan fingerprint density at radius 1 is 1.24 bits per heavy atom. The molecule has 7 nitrogen and oxygen atoms in total. The highest BCUT2D eigenvalue weighted by molar-refractivity contribution is 7.89. The molecule has 1 aromatic heterocycles. The Balaban J connectivity index is 1.78. The van der Waals surface area contributed by atoms with Gasteiger partial charge in [-0.1, -0.05) is 47.5 Å². The molecular weight excluding hydrogens is 432 g/mol. The highest BCUT2D eigenvalue weighted by atomic mass is 35.5. The molecule has 29 heavy (non-hydrogen) atoms. The van der Waals surface area contributed by atoms with E-state index in [1.807, 2.05) is 35.2 Å². The molecular formula is C19H17ClN4O3S2. The number of carbonyl (C=O) groups is 1. The average Bonchev–Trinajstić information content (AvgIpc) is 3.10. The molecule has 2 N–H and O–H groups in total. The molecule has 0 unspecified atom stereocenters. The lowest BCUT2D eigenvalue weighted by molar-refractivity contribution is 0.0981. The Kier molecular flexibility index (Phi) is 6.31. The van der Waals surface area contributed by atoms with Crippen LogP contribution in [0.2, 0.25) is 5.02 Å².